The molecule has 100 valence electrons. The van der Waals surface area contributed by atoms with Crippen molar-refractivity contribution in [3.8, 4) is 0 Å². The van der Waals surface area contributed by atoms with Crippen molar-refractivity contribution in [2.24, 2.45) is 0 Å². The highest BCUT2D eigenvalue weighted by Crippen LogP contribution is 2.00. The molecule has 1 aromatic rings. The van der Waals surface area contributed by atoms with Crippen molar-refractivity contribution in [1.82, 2.24) is 10.6 Å². The van der Waals surface area contributed by atoms with Gasteiger partial charge in [-0.05, 0) is 18.6 Å². The van der Waals surface area contributed by atoms with Gasteiger partial charge in [-0.25, -0.2) is 9.59 Å². The Morgan fingerprint density at radius 1 is 1.50 bits per heavy atom. The second-order valence-corrected chi connectivity index (χ2v) is 3.91. The predicted molar refractivity (Wildman–Crippen MR) is 65.3 cm³/mol. The Labute approximate surface area is 105 Å². The first-order chi connectivity index (χ1) is 8.63. The first-order valence-electron chi connectivity index (χ1n) is 5.93. The standard InChI is InChI=1S/C12H18N2O4/c1-2-4-10(11(15)16)14-12(17)13-7-6-9-5-3-8-18-9/h3,5,8,10H,2,4,6-7H2,1H3,(H,15,16)(H2,13,14,17)/t10-/m0/s1. The number of nitrogens with one attached hydrogen (secondary N) is 2. The fraction of sp³-hybridized carbons (Fsp3) is 0.500. The van der Waals surface area contributed by atoms with Crippen molar-refractivity contribution in [2.75, 3.05) is 6.54 Å². The summed E-state index contributed by atoms with van der Waals surface area (Å²) in [5, 5.41) is 13.9. The zero-order valence-electron chi connectivity index (χ0n) is 10.3. The molecule has 1 rings (SSSR count). The van der Waals surface area contributed by atoms with E-state index in [4.69, 9.17) is 9.52 Å². The largest absolute Gasteiger partial charge is 0.480 e. The molecule has 6 heteroatoms. The van der Waals surface area contributed by atoms with Gasteiger partial charge < -0.3 is 20.2 Å². The Morgan fingerprint density at radius 3 is 2.83 bits per heavy atom. The maximum atomic E-state index is 11.4. The van der Waals surface area contributed by atoms with Gasteiger partial charge in [-0.2, -0.15) is 0 Å². The predicted octanol–water partition coefficient (Wildman–Crippen LogP) is 1.37. The normalized spacial score (nSPS) is 11.8. The SMILES string of the molecule is CCC[C@H](NC(=O)NCCc1ccco1)C(=O)O. The average Bonchev–Trinajstić information content (AvgIpc) is 2.81. The average molecular weight is 254 g/mol. The van der Waals surface area contributed by atoms with Gasteiger partial charge in [-0.1, -0.05) is 13.3 Å². The van der Waals surface area contributed by atoms with E-state index in [1.165, 1.54) is 0 Å². The molecular weight excluding hydrogens is 236 g/mol. The number of furan rings is 1. The van der Waals surface area contributed by atoms with Crippen LogP contribution in [0, 0.1) is 0 Å². The lowest BCUT2D eigenvalue weighted by Gasteiger charge is -2.13. The van der Waals surface area contributed by atoms with E-state index in [9.17, 15) is 9.59 Å². The summed E-state index contributed by atoms with van der Waals surface area (Å²) < 4.78 is 5.11. The van der Waals surface area contributed by atoms with E-state index in [0.717, 1.165) is 5.76 Å². The van der Waals surface area contributed by atoms with E-state index in [0.29, 0.717) is 25.8 Å². The van der Waals surface area contributed by atoms with Crippen molar-refractivity contribution in [3.63, 3.8) is 0 Å². The van der Waals surface area contributed by atoms with Crippen LogP contribution in [0.3, 0.4) is 0 Å². The first-order valence-corrected chi connectivity index (χ1v) is 5.93. The van der Waals surface area contributed by atoms with Gasteiger partial charge in [0.1, 0.15) is 11.8 Å². The molecule has 0 aliphatic heterocycles. The first kappa shape index (κ1) is 14.1. The Bertz CT molecular complexity index is 375. The maximum Gasteiger partial charge on any atom is 0.326 e. The van der Waals surface area contributed by atoms with E-state index in [2.05, 4.69) is 10.6 Å². The topological polar surface area (TPSA) is 91.6 Å². The third-order valence-corrected chi connectivity index (χ3v) is 2.42. The lowest BCUT2D eigenvalue weighted by Crippen LogP contribution is -2.46. The fourth-order valence-corrected chi connectivity index (χ4v) is 1.51. The number of carboxylic acids is 1. The second kappa shape index (κ2) is 7.37. The van der Waals surface area contributed by atoms with E-state index in [1.807, 2.05) is 13.0 Å². The molecule has 0 radical (unpaired) electrons. The molecule has 0 saturated carbocycles. The van der Waals surface area contributed by atoms with Crippen molar-refractivity contribution in [1.29, 1.82) is 0 Å². The van der Waals surface area contributed by atoms with Crippen LogP contribution in [-0.2, 0) is 11.2 Å². The molecule has 0 unspecified atom stereocenters. The molecule has 18 heavy (non-hydrogen) atoms. The highest BCUT2D eigenvalue weighted by Gasteiger charge is 2.18. The summed E-state index contributed by atoms with van der Waals surface area (Å²) in [5.41, 5.74) is 0. The number of amides is 2. The summed E-state index contributed by atoms with van der Waals surface area (Å²) >= 11 is 0. The smallest absolute Gasteiger partial charge is 0.326 e. The molecule has 0 bridgehead atoms. The zero-order valence-corrected chi connectivity index (χ0v) is 10.3. The molecule has 1 aromatic heterocycles. The number of rotatable bonds is 7. The van der Waals surface area contributed by atoms with Crippen LogP contribution in [0.4, 0.5) is 4.79 Å². The van der Waals surface area contributed by atoms with Crippen LogP contribution in [0.25, 0.3) is 0 Å². The summed E-state index contributed by atoms with van der Waals surface area (Å²) in [7, 11) is 0. The lowest BCUT2D eigenvalue weighted by molar-refractivity contribution is -0.139. The minimum absolute atomic E-state index is 0.401. The van der Waals surface area contributed by atoms with E-state index in [-0.39, 0.29) is 0 Å². The minimum Gasteiger partial charge on any atom is -0.480 e. The number of hydrogen-bond acceptors (Lipinski definition) is 3. The minimum atomic E-state index is -1.02. The molecular formula is C12H18N2O4. The summed E-state index contributed by atoms with van der Waals surface area (Å²) in [4.78, 5) is 22.3. The highest BCUT2D eigenvalue weighted by molar-refractivity contribution is 5.82. The van der Waals surface area contributed by atoms with Gasteiger partial charge >= 0.3 is 12.0 Å². The summed E-state index contributed by atoms with van der Waals surface area (Å²) in [6.07, 6.45) is 3.26. The monoisotopic (exact) mass is 254 g/mol. The van der Waals surface area contributed by atoms with Crippen molar-refractivity contribution < 1.29 is 19.1 Å². The lowest BCUT2D eigenvalue weighted by atomic mass is 10.2. The molecule has 2 amide bonds. The number of carboxylic acid groups (broad SMARTS) is 1. The van der Waals surface area contributed by atoms with Gasteiger partial charge in [0, 0.05) is 13.0 Å². The van der Waals surface area contributed by atoms with Crippen LogP contribution in [0.5, 0.6) is 0 Å². The number of urea groups is 1. The van der Waals surface area contributed by atoms with Gasteiger partial charge in [-0.3, -0.25) is 0 Å². The summed E-state index contributed by atoms with van der Waals surface area (Å²) in [6.45, 7) is 2.27. The van der Waals surface area contributed by atoms with E-state index >= 15 is 0 Å². The zero-order chi connectivity index (χ0) is 13.4. The van der Waals surface area contributed by atoms with Crippen LogP contribution in [0.2, 0.25) is 0 Å². The molecule has 0 aromatic carbocycles. The van der Waals surface area contributed by atoms with Gasteiger partial charge in [0.15, 0.2) is 0 Å². The van der Waals surface area contributed by atoms with Gasteiger partial charge in [0.2, 0.25) is 0 Å². The molecule has 0 fully saturated rings. The Morgan fingerprint density at radius 2 is 2.28 bits per heavy atom. The number of hydrogen-bond donors (Lipinski definition) is 3. The highest BCUT2D eigenvalue weighted by atomic mass is 16.4. The molecule has 0 spiro atoms. The van der Waals surface area contributed by atoms with E-state index < -0.39 is 18.0 Å². The van der Waals surface area contributed by atoms with Crippen molar-refractivity contribution in [3.05, 3.63) is 24.2 Å². The molecule has 1 heterocycles. The maximum absolute atomic E-state index is 11.4. The molecule has 0 aliphatic rings. The second-order valence-electron chi connectivity index (χ2n) is 3.91. The Hall–Kier alpha value is -1.98. The van der Waals surface area contributed by atoms with Crippen LogP contribution < -0.4 is 10.6 Å². The number of carbonyl (C=O) groups is 2. The number of aliphatic carboxylic acids is 1. The van der Waals surface area contributed by atoms with Gasteiger partial charge in [-0.15, -0.1) is 0 Å². The van der Waals surface area contributed by atoms with Gasteiger partial charge in [0.25, 0.3) is 0 Å². The number of carbonyl (C=O) groups excluding carboxylic acids is 1. The molecule has 6 nitrogen and oxygen atoms in total. The molecule has 3 N–H and O–H groups in total. The fourth-order valence-electron chi connectivity index (χ4n) is 1.51. The Balaban J connectivity index is 2.25. The molecule has 1 atom stereocenters. The Kier molecular flexibility index (Phi) is 5.76. The third-order valence-electron chi connectivity index (χ3n) is 2.42. The summed E-state index contributed by atoms with van der Waals surface area (Å²) in [6, 6.07) is 2.29. The third kappa shape index (κ3) is 4.90. The van der Waals surface area contributed by atoms with Gasteiger partial charge in [0.05, 0.1) is 6.26 Å². The van der Waals surface area contributed by atoms with Crippen molar-refractivity contribution >= 4 is 12.0 Å². The molecule has 0 saturated heterocycles. The quantitative estimate of drug-likeness (QED) is 0.685. The van der Waals surface area contributed by atoms with Crippen LogP contribution >= 0.6 is 0 Å². The molecule has 0 aliphatic carbocycles. The van der Waals surface area contributed by atoms with Crippen LogP contribution in [0.15, 0.2) is 22.8 Å². The van der Waals surface area contributed by atoms with Crippen LogP contribution in [-0.4, -0.2) is 29.7 Å². The van der Waals surface area contributed by atoms with Crippen LogP contribution in [0.1, 0.15) is 25.5 Å². The van der Waals surface area contributed by atoms with E-state index in [1.54, 1.807) is 12.3 Å². The summed E-state index contributed by atoms with van der Waals surface area (Å²) in [5.74, 6) is -0.239. The van der Waals surface area contributed by atoms with Crippen molar-refractivity contribution in [2.45, 2.75) is 32.2 Å².